The van der Waals surface area contributed by atoms with Crippen molar-refractivity contribution in [2.45, 2.75) is 47.0 Å². The van der Waals surface area contributed by atoms with Crippen molar-refractivity contribution in [3.63, 3.8) is 0 Å². The molecule has 0 aromatic rings. The Labute approximate surface area is 146 Å². The smallest absolute Gasteiger partial charge is 0.0110 e. The Hall–Kier alpha value is -0.160. The molecule has 0 amide bonds. The quantitative estimate of drug-likeness (QED) is 0.837. The molecule has 0 unspecified atom stereocenters. The van der Waals surface area contributed by atoms with Crippen LogP contribution in [-0.2, 0) is 0 Å². The van der Waals surface area contributed by atoms with Crippen LogP contribution in [0.2, 0.25) is 0 Å². The molecule has 0 radical (unpaired) electrons. The lowest BCUT2D eigenvalue weighted by Gasteiger charge is -2.38. The summed E-state index contributed by atoms with van der Waals surface area (Å²) >= 11 is 0. The lowest BCUT2D eigenvalue weighted by Crippen LogP contribution is -2.49. The van der Waals surface area contributed by atoms with Gasteiger partial charge in [0.25, 0.3) is 0 Å². The fourth-order valence-electron chi connectivity index (χ4n) is 3.08. The topological polar surface area (TPSA) is 21.8 Å². The van der Waals surface area contributed by atoms with Gasteiger partial charge in [-0.2, -0.15) is 0 Å². The molecule has 0 aromatic carbocycles. The molecule has 23 heavy (non-hydrogen) atoms. The summed E-state index contributed by atoms with van der Waals surface area (Å²) < 4.78 is 0. The predicted octanol–water partition coefficient (Wildman–Crippen LogP) is 2.61. The van der Waals surface area contributed by atoms with E-state index in [0.29, 0.717) is 0 Å². The molecule has 2 fully saturated rings. The van der Waals surface area contributed by atoms with Crippen LogP contribution in [0.3, 0.4) is 0 Å². The number of piperidine rings is 1. The Morgan fingerprint density at radius 3 is 1.83 bits per heavy atom. The van der Waals surface area contributed by atoms with E-state index in [1.165, 1.54) is 71.6 Å². The normalized spacial score (nSPS) is 21.1. The lowest BCUT2D eigenvalue weighted by molar-refractivity contribution is 0.101. The van der Waals surface area contributed by atoms with Crippen LogP contribution in [0.25, 0.3) is 0 Å². The van der Waals surface area contributed by atoms with Gasteiger partial charge in [-0.1, -0.05) is 34.1 Å². The largest absolute Gasteiger partial charge is 0.318 e. The van der Waals surface area contributed by atoms with Crippen LogP contribution in [0.15, 0.2) is 0 Å². The molecule has 0 spiro atoms. The molecular weight excluding hydrogens is 284 g/mol. The number of piperazine rings is 1. The maximum atomic E-state index is 3.24. The Bertz CT molecular complexity index is 232. The van der Waals surface area contributed by atoms with Gasteiger partial charge in [0.2, 0.25) is 0 Å². The van der Waals surface area contributed by atoms with E-state index in [9.17, 15) is 0 Å². The Balaban J connectivity index is 0.000000868. The molecule has 0 aliphatic carbocycles. The summed E-state index contributed by atoms with van der Waals surface area (Å²) in [5, 5.41) is 3.24. The molecule has 2 rings (SSSR count). The highest BCUT2D eigenvalue weighted by atomic mass is 15.3. The summed E-state index contributed by atoms with van der Waals surface area (Å²) in [6, 6.07) is 0. The van der Waals surface area contributed by atoms with Crippen molar-refractivity contribution in [1.82, 2.24) is 20.0 Å². The Morgan fingerprint density at radius 1 is 0.870 bits per heavy atom. The van der Waals surface area contributed by atoms with Gasteiger partial charge in [-0.3, -0.25) is 4.90 Å². The van der Waals surface area contributed by atoms with Crippen molar-refractivity contribution >= 4 is 0 Å². The summed E-state index contributed by atoms with van der Waals surface area (Å²) in [4.78, 5) is 7.74. The standard InChI is InChI=1S/C14H30N4.C3H8.C2H6/c1-15-5-8-17-9-11-18(12-10-17)13-14-3-6-16(2)7-4-14;1-3-2;1-2/h14-15H,3-13H2,1-2H3;3H2,1-2H3;1-2H3. The van der Waals surface area contributed by atoms with Crippen LogP contribution in [0.4, 0.5) is 0 Å². The predicted molar refractivity (Wildman–Crippen MR) is 104 cm³/mol. The molecule has 2 saturated heterocycles. The van der Waals surface area contributed by atoms with Gasteiger partial charge in [0, 0.05) is 45.8 Å². The van der Waals surface area contributed by atoms with E-state index in [-0.39, 0.29) is 0 Å². The Morgan fingerprint density at radius 2 is 1.35 bits per heavy atom. The van der Waals surface area contributed by atoms with Gasteiger partial charge in [-0.25, -0.2) is 0 Å². The molecule has 2 heterocycles. The van der Waals surface area contributed by atoms with Gasteiger partial charge in [0.15, 0.2) is 0 Å². The molecule has 4 heteroatoms. The second-order valence-corrected chi connectivity index (χ2v) is 6.70. The first kappa shape index (κ1) is 22.8. The maximum Gasteiger partial charge on any atom is 0.0110 e. The minimum Gasteiger partial charge on any atom is -0.318 e. The van der Waals surface area contributed by atoms with Crippen molar-refractivity contribution in [2.75, 3.05) is 73.0 Å². The number of hydrogen-bond acceptors (Lipinski definition) is 4. The van der Waals surface area contributed by atoms with Gasteiger partial charge in [0.1, 0.15) is 0 Å². The first-order chi connectivity index (χ1) is 11.2. The minimum atomic E-state index is 0.949. The molecule has 140 valence electrons. The number of nitrogens with zero attached hydrogens (tertiary/aromatic N) is 3. The van der Waals surface area contributed by atoms with Crippen molar-refractivity contribution in [1.29, 1.82) is 0 Å². The molecule has 0 bridgehead atoms. The van der Waals surface area contributed by atoms with Gasteiger partial charge >= 0.3 is 0 Å². The van der Waals surface area contributed by atoms with Crippen LogP contribution in [0.1, 0.15) is 47.0 Å². The van der Waals surface area contributed by atoms with E-state index in [4.69, 9.17) is 0 Å². The highest BCUT2D eigenvalue weighted by Gasteiger charge is 2.22. The second-order valence-electron chi connectivity index (χ2n) is 6.70. The van der Waals surface area contributed by atoms with Gasteiger partial charge < -0.3 is 15.1 Å². The van der Waals surface area contributed by atoms with Gasteiger partial charge in [-0.05, 0) is 45.9 Å². The molecular formula is C19H44N4. The summed E-state index contributed by atoms with van der Waals surface area (Å²) in [6.07, 6.45) is 4.05. The van der Waals surface area contributed by atoms with Crippen molar-refractivity contribution in [2.24, 2.45) is 5.92 Å². The van der Waals surface area contributed by atoms with Crippen molar-refractivity contribution in [3.8, 4) is 0 Å². The highest BCUT2D eigenvalue weighted by molar-refractivity contribution is 4.77. The van der Waals surface area contributed by atoms with Crippen LogP contribution in [0, 0.1) is 5.92 Å². The van der Waals surface area contributed by atoms with E-state index in [1.807, 2.05) is 20.9 Å². The number of likely N-dealkylation sites (N-methyl/N-ethyl adjacent to an activating group) is 1. The maximum absolute atomic E-state index is 3.24. The molecule has 1 N–H and O–H groups in total. The third kappa shape index (κ3) is 11.1. The number of rotatable bonds is 5. The summed E-state index contributed by atoms with van der Waals surface area (Å²) in [5.41, 5.74) is 0. The molecule has 0 saturated carbocycles. The zero-order chi connectivity index (χ0) is 17.5. The van der Waals surface area contributed by atoms with Crippen molar-refractivity contribution in [3.05, 3.63) is 0 Å². The molecule has 0 atom stereocenters. The monoisotopic (exact) mass is 328 g/mol. The third-order valence-corrected chi connectivity index (χ3v) is 4.50. The number of hydrogen-bond donors (Lipinski definition) is 1. The van der Waals surface area contributed by atoms with Crippen molar-refractivity contribution < 1.29 is 0 Å². The second kappa shape index (κ2) is 15.4. The SMILES string of the molecule is CC.CCC.CNCCN1CCN(CC2CCN(C)CC2)CC1. The summed E-state index contributed by atoms with van der Waals surface area (Å²) in [7, 11) is 4.28. The summed E-state index contributed by atoms with van der Waals surface area (Å²) in [6.45, 7) is 19.6. The summed E-state index contributed by atoms with van der Waals surface area (Å²) in [5.74, 6) is 0.949. The third-order valence-electron chi connectivity index (χ3n) is 4.50. The minimum absolute atomic E-state index is 0.949. The molecule has 4 nitrogen and oxygen atoms in total. The van der Waals surface area contributed by atoms with Crippen LogP contribution in [-0.4, -0.2) is 87.7 Å². The van der Waals surface area contributed by atoms with E-state index in [0.717, 1.165) is 12.5 Å². The fourth-order valence-corrected chi connectivity index (χ4v) is 3.08. The average molecular weight is 329 g/mol. The zero-order valence-corrected chi connectivity index (χ0v) is 16.9. The number of nitrogens with one attached hydrogen (secondary N) is 1. The first-order valence-electron chi connectivity index (χ1n) is 9.97. The molecule has 2 aliphatic heterocycles. The van der Waals surface area contributed by atoms with E-state index in [2.05, 4.69) is 40.9 Å². The van der Waals surface area contributed by atoms with Crippen LogP contribution in [0.5, 0.6) is 0 Å². The van der Waals surface area contributed by atoms with Crippen LogP contribution >= 0.6 is 0 Å². The van der Waals surface area contributed by atoms with Gasteiger partial charge in [-0.15, -0.1) is 0 Å². The zero-order valence-electron chi connectivity index (χ0n) is 16.9. The highest BCUT2D eigenvalue weighted by Crippen LogP contribution is 2.18. The van der Waals surface area contributed by atoms with Gasteiger partial charge in [0.05, 0.1) is 0 Å². The first-order valence-corrected chi connectivity index (χ1v) is 9.97. The molecule has 2 aliphatic rings. The Kier molecular flexibility index (Phi) is 15.3. The van der Waals surface area contributed by atoms with E-state index in [1.54, 1.807) is 0 Å². The van der Waals surface area contributed by atoms with Crippen LogP contribution < -0.4 is 5.32 Å². The number of likely N-dealkylation sites (tertiary alicyclic amines) is 1. The molecule has 0 aromatic heterocycles. The van der Waals surface area contributed by atoms with E-state index < -0.39 is 0 Å². The average Bonchev–Trinajstić information content (AvgIpc) is 2.59. The fraction of sp³-hybridized carbons (Fsp3) is 1.00. The lowest BCUT2D eigenvalue weighted by atomic mass is 9.96. The van der Waals surface area contributed by atoms with E-state index >= 15 is 0 Å².